The number of piperidine rings is 1. The first kappa shape index (κ1) is 35.7. The molecule has 0 saturated carbocycles. The van der Waals surface area contributed by atoms with Gasteiger partial charge in [0.2, 0.25) is 15.9 Å². The molecule has 5 rings (SSSR count). The third-order valence-electron chi connectivity index (χ3n) is 6.93. The number of amides is 1. The number of aromatic nitrogens is 2. The predicted molar refractivity (Wildman–Crippen MR) is 177 cm³/mol. The quantitative estimate of drug-likeness (QED) is 0.189. The van der Waals surface area contributed by atoms with E-state index in [1.807, 2.05) is 24.3 Å². The van der Waals surface area contributed by atoms with Gasteiger partial charge < -0.3 is 10.1 Å². The molecule has 3 aromatic carbocycles. The molecule has 1 saturated heterocycles. The highest BCUT2D eigenvalue weighted by Crippen LogP contribution is 2.25. The summed E-state index contributed by atoms with van der Waals surface area (Å²) in [4.78, 5) is 24.2. The van der Waals surface area contributed by atoms with Crippen molar-refractivity contribution in [3.63, 3.8) is 0 Å². The van der Waals surface area contributed by atoms with E-state index in [0.29, 0.717) is 28.7 Å². The fourth-order valence-corrected chi connectivity index (χ4v) is 5.39. The van der Waals surface area contributed by atoms with Gasteiger partial charge >= 0.3 is 0 Å². The second kappa shape index (κ2) is 16.5. The molecule has 14 heteroatoms. The minimum absolute atomic E-state index is 0. The zero-order valence-electron chi connectivity index (χ0n) is 24.4. The van der Waals surface area contributed by atoms with Crippen LogP contribution in [0.5, 0.6) is 11.5 Å². The molecule has 1 atom stereocenters. The molecule has 0 radical (unpaired) electrons. The lowest BCUT2D eigenvalue weighted by molar-refractivity contribution is -0.118. The molecule has 0 spiro atoms. The zero-order valence-corrected chi connectivity index (χ0v) is 26.9. The van der Waals surface area contributed by atoms with Crippen molar-refractivity contribution in [1.29, 1.82) is 0 Å². The number of hydrogen-bond donors (Lipinski definition) is 3. The molecule has 1 unspecified atom stereocenters. The summed E-state index contributed by atoms with van der Waals surface area (Å²) < 4.78 is 44.4. The molecular weight excluding hydrogens is 642 g/mol. The van der Waals surface area contributed by atoms with E-state index in [2.05, 4.69) is 30.2 Å². The van der Waals surface area contributed by atoms with Crippen LogP contribution >= 0.6 is 24.8 Å². The minimum atomic E-state index is -3.33. The topological polar surface area (TPSA) is 126 Å². The lowest BCUT2D eigenvalue weighted by Gasteiger charge is -2.34. The molecule has 2 heterocycles. The summed E-state index contributed by atoms with van der Waals surface area (Å²) >= 11 is 0. The van der Waals surface area contributed by atoms with Gasteiger partial charge in [0.15, 0.2) is 5.82 Å². The van der Waals surface area contributed by atoms with Crippen LogP contribution in [0.15, 0.2) is 91.3 Å². The number of benzene rings is 3. The van der Waals surface area contributed by atoms with Gasteiger partial charge in [0.25, 0.3) is 0 Å². The number of halogens is 3. The molecule has 10 nitrogen and oxygen atoms in total. The first-order valence-electron chi connectivity index (χ1n) is 13.9. The molecule has 1 amide bonds. The summed E-state index contributed by atoms with van der Waals surface area (Å²) in [6.07, 6.45) is 6.01. The molecule has 240 valence electrons. The van der Waals surface area contributed by atoms with E-state index >= 15 is 0 Å². The van der Waals surface area contributed by atoms with E-state index in [0.717, 1.165) is 44.3 Å². The monoisotopic (exact) mass is 676 g/mol. The molecule has 1 aliphatic rings. The average molecular weight is 678 g/mol. The number of nitrogens with one attached hydrogen (secondary N) is 3. The van der Waals surface area contributed by atoms with Gasteiger partial charge in [-0.05, 0) is 98.2 Å². The summed E-state index contributed by atoms with van der Waals surface area (Å²) in [5, 5.41) is 6.28. The van der Waals surface area contributed by atoms with Crippen LogP contribution in [0.2, 0.25) is 0 Å². The number of anilines is 2. The van der Waals surface area contributed by atoms with E-state index in [1.54, 1.807) is 42.7 Å². The second-order valence-corrected chi connectivity index (χ2v) is 12.1. The normalized spacial score (nSPS) is 14.4. The second-order valence-electron chi connectivity index (χ2n) is 10.4. The molecule has 1 aliphatic heterocycles. The van der Waals surface area contributed by atoms with Crippen LogP contribution in [-0.2, 0) is 21.4 Å². The Morgan fingerprint density at radius 2 is 1.47 bits per heavy atom. The van der Waals surface area contributed by atoms with Gasteiger partial charge in [0, 0.05) is 36.4 Å². The van der Waals surface area contributed by atoms with Crippen molar-refractivity contribution >= 4 is 52.1 Å². The first-order valence-corrected chi connectivity index (χ1v) is 15.8. The fourth-order valence-electron chi connectivity index (χ4n) is 4.83. The molecule has 1 fully saturated rings. The number of carbonyl (C=O) groups is 1. The van der Waals surface area contributed by atoms with Crippen molar-refractivity contribution in [1.82, 2.24) is 20.2 Å². The largest absolute Gasteiger partial charge is 0.457 e. The summed E-state index contributed by atoms with van der Waals surface area (Å²) in [7, 11) is -3.33. The van der Waals surface area contributed by atoms with E-state index in [1.165, 1.54) is 24.3 Å². The van der Waals surface area contributed by atoms with Gasteiger partial charge in [0.05, 0.1) is 6.26 Å². The number of sulfonamides is 1. The highest BCUT2D eigenvalue weighted by Gasteiger charge is 2.28. The minimum Gasteiger partial charge on any atom is -0.457 e. The average Bonchev–Trinajstić information content (AvgIpc) is 2.99. The summed E-state index contributed by atoms with van der Waals surface area (Å²) in [5.41, 5.74) is 2.13. The molecule has 0 aliphatic carbocycles. The lowest BCUT2D eigenvalue weighted by atomic mass is 10.0. The fraction of sp³-hybridized carbons (Fsp3) is 0.258. The smallest absolute Gasteiger partial charge is 0.249 e. The Morgan fingerprint density at radius 3 is 2.04 bits per heavy atom. The van der Waals surface area contributed by atoms with Crippen molar-refractivity contribution < 1.29 is 22.3 Å². The Kier molecular flexibility index (Phi) is 13.1. The Bertz CT molecular complexity index is 1610. The number of ether oxygens (including phenoxy) is 1. The van der Waals surface area contributed by atoms with Crippen molar-refractivity contribution in [3.8, 4) is 11.5 Å². The van der Waals surface area contributed by atoms with Gasteiger partial charge in [-0.25, -0.2) is 22.8 Å². The number of rotatable bonds is 11. The van der Waals surface area contributed by atoms with Crippen LogP contribution < -0.4 is 20.1 Å². The molecule has 4 aromatic rings. The number of nitrogens with zero attached hydrogens (tertiary/aromatic N) is 3. The van der Waals surface area contributed by atoms with Crippen LogP contribution in [0.3, 0.4) is 0 Å². The summed E-state index contributed by atoms with van der Waals surface area (Å²) in [6, 6.07) is 21.3. The Hall–Kier alpha value is -3.81. The van der Waals surface area contributed by atoms with Crippen molar-refractivity contribution in [3.05, 3.63) is 108 Å². The van der Waals surface area contributed by atoms with Crippen LogP contribution in [0, 0.1) is 5.82 Å². The van der Waals surface area contributed by atoms with Crippen molar-refractivity contribution in [2.24, 2.45) is 0 Å². The Labute approximate surface area is 274 Å². The Balaban J connectivity index is 0.00000276. The highest BCUT2D eigenvalue weighted by atomic mass is 35.5. The third-order valence-corrected chi connectivity index (χ3v) is 7.54. The number of likely N-dealkylation sites (tertiary alicyclic amines) is 1. The van der Waals surface area contributed by atoms with E-state index < -0.39 is 16.1 Å². The molecule has 1 aromatic heterocycles. The van der Waals surface area contributed by atoms with Gasteiger partial charge in [0.1, 0.15) is 23.4 Å². The zero-order chi connectivity index (χ0) is 30.2. The Morgan fingerprint density at radius 1 is 0.911 bits per heavy atom. The van der Waals surface area contributed by atoms with Crippen LogP contribution in [-0.4, -0.2) is 54.6 Å². The number of hydrogen-bond acceptors (Lipinski definition) is 8. The molecule has 3 N–H and O–H groups in total. The van der Waals surface area contributed by atoms with Gasteiger partial charge in [-0.2, -0.15) is 0 Å². The van der Waals surface area contributed by atoms with Crippen molar-refractivity contribution in [2.75, 3.05) is 29.4 Å². The maximum absolute atomic E-state index is 13.3. The third kappa shape index (κ3) is 10.9. The maximum atomic E-state index is 13.3. The molecule has 45 heavy (non-hydrogen) atoms. The maximum Gasteiger partial charge on any atom is 0.249 e. The predicted octanol–water partition coefficient (Wildman–Crippen LogP) is 5.56. The standard InChI is InChI=1S/C31H33FN6O4S.2ClH/c1-43(40,41)37-26-9-13-28(14-10-26)42-27-11-3-22(4-12-27)21-38-19-15-25(16-20-38)35-29(30-33-17-2-18-34-30)31(39)36-24-7-5-23(32)6-8-24;;/h2-14,17-18,25,29,35,37H,15-16,19-21H2,1H3,(H,36,39);2*1H. The van der Waals surface area contributed by atoms with E-state index in [4.69, 9.17) is 4.74 Å². The van der Waals surface area contributed by atoms with Crippen LogP contribution in [0.1, 0.15) is 30.3 Å². The van der Waals surface area contributed by atoms with E-state index in [-0.39, 0.29) is 42.6 Å². The van der Waals surface area contributed by atoms with Crippen molar-refractivity contribution in [2.45, 2.75) is 31.5 Å². The molecular formula is C31H35Cl2FN6O4S. The van der Waals surface area contributed by atoms with Crippen LogP contribution in [0.25, 0.3) is 0 Å². The number of carbonyl (C=O) groups excluding carboxylic acids is 1. The summed E-state index contributed by atoms with van der Waals surface area (Å²) in [5.74, 6) is 0.997. The van der Waals surface area contributed by atoms with Gasteiger partial charge in [-0.3, -0.25) is 19.7 Å². The van der Waals surface area contributed by atoms with E-state index in [9.17, 15) is 17.6 Å². The van der Waals surface area contributed by atoms with Gasteiger partial charge in [-0.1, -0.05) is 12.1 Å². The van der Waals surface area contributed by atoms with Gasteiger partial charge in [-0.15, -0.1) is 24.8 Å². The summed E-state index contributed by atoms with van der Waals surface area (Å²) in [6.45, 7) is 2.49. The first-order chi connectivity index (χ1) is 20.7. The lowest BCUT2D eigenvalue weighted by Crippen LogP contribution is -2.46. The highest BCUT2D eigenvalue weighted by molar-refractivity contribution is 7.92. The van der Waals surface area contributed by atoms with Crippen LogP contribution in [0.4, 0.5) is 15.8 Å². The molecule has 0 bridgehead atoms. The SMILES string of the molecule is CS(=O)(=O)Nc1ccc(Oc2ccc(CN3CCC(NC(C(=O)Nc4ccc(F)cc4)c4ncccn4)CC3)cc2)cc1.Cl.Cl.